The van der Waals surface area contributed by atoms with Crippen molar-refractivity contribution in [2.24, 2.45) is 0 Å². The van der Waals surface area contributed by atoms with Crippen LogP contribution >= 0.6 is 11.6 Å². The zero-order valence-electron chi connectivity index (χ0n) is 9.86. The lowest BCUT2D eigenvalue weighted by atomic mass is 10.1. The number of hydrogen-bond donors (Lipinski definition) is 0. The number of rotatable bonds is 7. The molecule has 0 aliphatic rings. The fourth-order valence-electron chi connectivity index (χ4n) is 1.28. The summed E-state index contributed by atoms with van der Waals surface area (Å²) >= 11 is 5.83. The molecule has 0 fully saturated rings. The van der Waals surface area contributed by atoms with Gasteiger partial charge in [-0.25, -0.2) is 0 Å². The molecule has 1 aromatic rings. The van der Waals surface area contributed by atoms with Crippen molar-refractivity contribution >= 4 is 17.4 Å². The Morgan fingerprint density at radius 2 is 2.06 bits per heavy atom. The first-order valence-corrected chi connectivity index (χ1v) is 5.50. The van der Waals surface area contributed by atoms with E-state index in [2.05, 4.69) is 0 Å². The van der Waals surface area contributed by atoms with Gasteiger partial charge in [0.05, 0.1) is 25.9 Å². The van der Waals surface area contributed by atoms with E-state index in [4.69, 9.17) is 25.8 Å². The Morgan fingerprint density at radius 3 is 2.71 bits per heavy atom. The van der Waals surface area contributed by atoms with Crippen LogP contribution in [0.1, 0.15) is 10.4 Å². The minimum absolute atomic E-state index is 0.0138. The molecule has 0 aliphatic carbocycles. The van der Waals surface area contributed by atoms with E-state index < -0.39 is 0 Å². The summed E-state index contributed by atoms with van der Waals surface area (Å²) in [7, 11) is 3.08. The van der Waals surface area contributed by atoms with E-state index in [0.717, 1.165) is 0 Å². The molecule has 5 heteroatoms. The molecule has 0 amide bonds. The normalized spacial score (nSPS) is 10.3. The summed E-state index contributed by atoms with van der Waals surface area (Å²) in [6, 6.07) is 4.90. The fourth-order valence-corrected chi connectivity index (χ4v) is 1.46. The van der Waals surface area contributed by atoms with Gasteiger partial charge in [-0.15, -0.1) is 0 Å². The van der Waals surface area contributed by atoms with E-state index in [1.165, 1.54) is 7.11 Å². The van der Waals surface area contributed by atoms with Crippen molar-refractivity contribution in [3.05, 3.63) is 28.8 Å². The molecule has 1 rings (SSSR count). The lowest BCUT2D eigenvalue weighted by Crippen LogP contribution is -2.13. The number of carbonyl (C=O) groups excluding carboxylic acids is 1. The van der Waals surface area contributed by atoms with Gasteiger partial charge >= 0.3 is 0 Å². The molecule has 0 aliphatic heterocycles. The lowest BCUT2D eigenvalue weighted by Gasteiger charge is -2.08. The summed E-state index contributed by atoms with van der Waals surface area (Å²) in [5.74, 6) is 0.329. The topological polar surface area (TPSA) is 44.8 Å². The highest BCUT2D eigenvalue weighted by Crippen LogP contribution is 2.23. The Balaban J connectivity index is 2.64. The molecule has 0 saturated carbocycles. The number of ketones is 1. The predicted molar refractivity (Wildman–Crippen MR) is 65.0 cm³/mol. The second-order valence-corrected chi connectivity index (χ2v) is 3.75. The first-order valence-electron chi connectivity index (χ1n) is 5.12. The van der Waals surface area contributed by atoms with Crippen LogP contribution in [0.4, 0.5) is 0 Å². The molecule has 0 bridgehead atoms. The molecule has 4 nitrogen and oxygen atoms in total. The van der Waals surface area contributed by atoms with Gasteiger partial charge in [-0.1, -0.05) is 11.6 Å². The molecule has 17 heavy (non-hydrogen) atoms. The van der Waals surface area contributed by atoms with Crippen LogP contribution in [0.3, 0.4) is 0 Å². The summed E-state index contributed by atoms with van der Waals surface area (Å²) in [4.78, 5) is 11.8. The van der Waals surface area contributed by atoms with Crippen molar-refractivity contribution in [2.75, 3.05) is 34.0 Å². The minimum Gasteiger partial charge on any atom is -0.496 e. The van der Waals surface area contributed by atoms with Crippen LogP contribution in [0.5, 0.6) is 5.75 Å². The molecule has 0 aromatic heterocycles. The number of carbonyl (C=O) groups is 1. The van der Waals surface area contributed by atoms with E-state index in [0.29, 0.717) is 29.5 Å². The van der Waals surface area contributed by atoms with Crippen LogP contribution < -0.4 is 4.74 Å². The maximum Gasteiger partial charge on any atom is 0.192 e. The highest BCUT2D eigenvalue weighted by molar-refractivity contribution is 6.31. The summed E-state index contributed by atoms with van der Waals surface area (Å²) in [6.07, 6.45) is 0. The largest absolute Gasteiger partial charge is 0.496 e. The highest BCUT2D eigenvalue weighted by atomic mass is 35.5. The van der Waals surface area contributed by atoms with Crippen LogP contribution in [0.2, 0.25) is 5.02 Å². The van der Waals surface area contributed by atoms with Crippen molar-refractivity contribution in [1.82, 2.24) is 0 Å². The van der Waals surface area contributed by atoms with Crippen molar-refractivity contribution < 1.29 is 19.0 Å². The van der Waals surface area contributed by atoms with Crippen molar-refractivity contribution in [2.45, 2.75) is 0 Å². The van der Waals surface area contributed by atoms with E-state index >= 15 is 0 Å². The lowest BCUT2D eigenvalue weighted by molar-refractivity contribution is 0.0575. The smallest absolute Gasteiger partial charge is 0.192 e. The molecule has 1 aromatic carbocycles. The number of benzene rings is 1. The van der Waals surface area contributed by atoms with Crippen LogP contribution in [-0.2, 0) is 9.47 Å². The molecule has 94 valence electrons. The van der Waals surface area contributed by atoms with Gasteiger partial charge < -0.3 is 14.2 Å². The standard InChI is InChI=1S/C12H15ClO4/c1-15-5-6-17-8-11(14)10-7-9(13)3-4-12(10)16-2/h3-4,7H,5-6,8H2,1-2H3. The van der Waals surface area contributed by atoms with Crippen molar-refractivity contribution in [3.8, 4) is 5.75 Å². The second-order valence-electron chi connectivity index (χ2n) is 3.31. The van der Waals surface area contributed by atoms with Gasteiger partial charge in [0, 0.05) is 12.1 Å². The Labute approximate surface area is 105 Å². The van der Waals surface area contributed by atoms with E-state index in [1.54, 1.807) is 25.3 Å². The second kappa shape index (κ2) is 7.27. The average molecular weight is 259 g/mol. The van der Waals surface area contributed by atoms with Crippen LogP contribution in [-0.4, -0.2) is 39.8 Å². The van der Waals surface area contributed by atoms with Gasteiger partial charge in [-0.3, -0.25) is 4.79 Å². The van der Waals surface area contributed by atoms with Crippen LogP contribution in [0.15, 0.2) is 18.2 Å². The Morgan fingerprint density at radius 1 is 1.29 bits per heavy atom. The van der Waals surface area contributed by atoms with E-state index in [1.807, 2.05) is 0 Å². The summed E-state index contributed by atoms with van der Waals surface area (Å²) in [5, 5.41) is 0.492. The summed E-state index contributed by atoms with van der Waals surface area (Å²) in [6.45, 7) is 0.825. The Bertz CT molecular complexity index is 379. The third kappa shape index (κ3) is 4.34. The van der Waals surface area contributed by atoms with Gasteiger partial charge in [-0.05, 0) is 18.2 Å². The maximum absolute atomic E-state index is 11.8. The van der Waals surface area contributed by atoms with Gasteiger partial charge in [0.15, 0.2) is 5.78 Å². The first kappa shape index (κ1) is 14.0. The number of Topliss-reactive ketones (excluding diaryl/α,β-unsaturated/α-hetero) is 1. The average Bonchev–Trinajstić information content (AvgIpc) is 2.34. The third-order valence-corrected chi connectivity index (χ3v) is 2.36. The summed E-state index contributed by atoms with van der Waals surface area (Å²) < 4.78 is 15.1. The number of methoxy groups -OCH3 is 2. The first-order chi connectivity index (χ1) is 8.19. The zero-order valence-corrected chi connectivity index (χ0v) is 10.6. The number of ether oxygens (including phenoxy) is 3. The van der Waals surface area contributed by atoms with Gasteiger partial charge in [0.1, 0.15) is 12.4 Å². The van der Waals surface area contributed by atoms with Gasteiger partial charge in [0.2, 0.25) is 0 Å². The molecule has 0 saturated heterocycles. The fraction of sp³-hybridized carbons (Fsp3) is 0.417. The summed E-state index contributed by atoms with van der Waals surface area (Å²) in [5.41, 5.74) is 0.428. The molecular weight excluding hydrogens is 244 g/mol. The zero-order chi connectivity index (χ0) is 12.7. The predicted octanol–water partition coefficient (Wildman–Crippen LogP) is 2.19. The molecule has 0 heterocycles. The SMILES string of the molecule is COCCOCC(=O)c1cc(Cl)ccc1OC. The Hall–Kier alpha value is -1.10. The van der Waals surface area contributed by atoms with Crippen molar-refractivity contribution in [1.29, 1.82) is 0 Å². The molecular formula is C12H15ClO4. The highest BCUT2D eigenvalue weighted by Gasteiger charge is 2.12. The molecule has 0 atom stereocenters. The van der Waals surface area contributed by atoms with Crippen LogP contribution in [0.25, 0.3) is 0 Å². The van der Waals surface area contributed by atoms with Crippen LogP contribution in [0, 0.1) is 0 Å². The van der Waals surface area contributed by atoms with E-state index in [-0.39, 0.29) is 12.4 Å². The monoisotopic (exact) mass is 258 g/mol. The number of halogens is 1. The maximum atomic E-state index is 11.8. The minimum atomic E-state index is -0.166. The molecule has 0 N–H and O–H groups in total. The van der Waals surface area contributed by atoms with Crippen molar-refractivity contribution in [3.63, 3.8) is 0 Å². The van der Waals surface area contributed by atoms with Gasteiger partial charge in [-0.2, -0.15) is 0 Å². The quantitative estimate of drug-likeness (QED) is 0.556. The Kier molecular flexibility index (Phi) is 5.97. The van der Waals surface area contributed by atoms with Gasteiger partial charge in [0.25, 0.3) is 0 Å². The third-order valence-electron chi connectivity index (χ3n) is 2.13. The molecule has 0 unspecified atom stereocenters. The molecule has 0 spiro atoms. The number of hydrogen-bond acceptors (Lipinski definition) is 4. The molecule has 0 radical (unpaired) electrons. The van der Waals surface area contributed by atoms with E-state index in [9.17, 15) is 4.79 Å².